The minimum Gasteiger partial charge on any atom is -0.479 e. The second-order valence-corrected chi connectivity index (χ2v) is 5.65. The van der Waals surface area contributed by atoms with Gasteiger partial charge >= 0.3 is 6.01 Å². The van der Waals surface area contributed by atoms with Crippen LogP contribution in [0.15, 0.2) is 30.6 Å². The van der Waals surface area contributed by atoms with Gasteiger partial charge in [-0.2, -0.15) is 9.97 Å². The molecule has 0 bridgehead atoms. The van der Waals surface area contributed by atoms with Crippen LogP contribution >= 0.6 is 0 Å². The summed E-state index contributed by atoms with van der Waals surface area (Å²) in [6, 6.07) is 5.61. The molecular weight excluding hydrogens is 313 g/mol. The van der Waals surface area contributed by atoms with E-state index < -0.39 is 0 Å². The average molecular weight is 329 g/mol. The van der Waals surface area contributed by atoms with Crippen molar-refractivity contribution in [3.05, 3.63) is 36.4 Å². The van der Waals surface area contributed by atoms with Crippen LogP contribution in [0.4, 0.5) is 15.9 Å². The molecule has 1 saturated heterocycles. The number of nitrogens with zero attached hydrogens (tertiary/aromatic N) is 4. The quantitative estimate of drug-likeness (QED) is 0.768. The van der Waals surface area contributed by atoms with Crippen molar-refractivity contribution in [2.45, 2.75) is 25.5 Å². The first-order valence-electron chi connectivity index (χ1n) is 7.78. The van der Waals surface area contributed by atoms with E-state index in [0.717, 1.165) is 19.3 Å². The van der Waals surface area contributed by atoms with E-state index >= 15 is 0 Å². The number of rotatable bonds is 3. The summed E-state index contributed by atoms with van der Waals surface area (Å²) >= 11 is 0. The molecule has 1 aliphatic heterocycles. The summed E-state index contributed by atoms with van der Waals surface area (Å²) in [5.74, 6) is -0.0479. The van der Waals surface area contributed by atoms with Crippen molar-refractivity contribution in [1.29, 1.82) is 0 Å². The maximum Gasteiger partial charge on any atom is 0.318 e. The summed E-state index contributed by atoms with van der Waals surface area (Å²) < 4.78 is 20.9. The fourth-order valence-corrected chi connectivity index (χ4v) is 2.85. The van der Waals surface area contributed by atoms with E-state index in [9.17, 15) is 9.50 Å². The molecule has 0 aliphatic carbocycles. The van der Waals surface area contributed by atoms with Crippen LogP contribution in [0.25, 0.3) is 11.2 Å². The molecule has 1 atom stereocenters. The minimum absolute atomic E-state index is 0.153. The second-order valence-electron chi connectivity index (χ2n) is 5.65. The van der Waals surface area contributed by atoms with Crippen molar-refractivity contribution in [1.82, 2.24) is 19.5 Å². The number of hydrogen-bond acceptors (Lipinski definition) is 6. The molecule has 1 aliphatic rings. The standard InChI is InChI=1S/C16H16FN5O2/c17-10-4-3-5-11(8-10)19-14-13-15(21-16(23)20-14)22(9-18-13)12-6-1-2-7-24-12/h3-5,8-9,12H,1-2,6-7H2,(H2,19,20,21,23). The zero-order chi connectivity index (χ0) is 16.5. The van der Waals surface area contributed by atoms with E-state index in [0.29, 0.717) is 29.3 Å². The summed E-state index contributed by atoms with van der Waals surface area (Å²) in [5, 5.41) is 12.8. The van der Waals surface area contributed by atoms with Gasteiger partial charge in [0.05, 0.1) is 6.33 Å². The predicted octanol–water partition coefficient (Wildman–Crippen LogP) is 3.11. The lowest BCUT2D eigenvalue weighted by Gasteiger charge is -2.23. The van der Waals surface area contributed by atoms with Crippen LogP contribution in [0.1, 0.15) is 25.5 Å². The van der Waals surface area contributed by atoms with E-state index in [-0.39, 0.29) is 18.1 Å². The molecular formula is C16H16FN5O2. The number of hydrogen-bond donors (Lipinski definition) is 2. The van der Waals surface area contributed by atoms with Gasteiger partial charge in [-0.15, -0.1) is 0 Å². The van der Waals surface area contributed by atoms with E-state index in [1.54, 1.807) is 23.0 Å². The zero-order valence-electron chi connectivity index (χ0n) is 12.8. The Morgan fingerprint density at radius 1 is 1.29 bits per heavy atom. The number of anilines is 2. The van der Waals surface area contributed by atoms with Gasteiger partial charge in [-0.1, -0.05) is 6.07 Å². The number of aromatic hydroxyl groups is 1. The average Bonchev–Trinajstić information content (AvgIpc) is 2.99. The first-order valence-corrected chi connectivity index (χ1v) is 7.78. The molecule has 2 N–H and O–H groups in total. The van der Waals surface area contributed by atoms with Gasteiger partial charge in [0.25, 0.3) is 0 Å². The minimum atomic E-state index is -0.376. The number of aromatic nitrogens is 4. The van der Waals surface area contributed by atoms with Crippen LogP contribution in [-0.2, 0) is 4.74 Å². The molecule has 0 amide bonds. The van der Waals surface area contributed by atoms with Crippen LogP contribution in [-0.4, -0.2) is 31.2 Å². The van der Waals surface area contributed by atoms with Gasteiger partial charge in [0.2, 0.25) is 0 Å². The third-order valence-electron chi connectivity index (χ3n) is 3.96. The highest BCUT2D eigenvalue weighted by molar-refractivity contribution is 5.85. The number of imidazole rings is 1. The smallest absolute Gasteiger partial charge is 0.318 e. The van der Waals surface area contributed by atoms with E-state index in [1.807, 2.05) is 0 Å². The van der Waals surface area contributed by atoms with E-state index in [1.165, 1.54) is 12.1 Å². The van der Waals surface area contributed by atoms with Crippen LogP contribution < -0.4 is 5.32 Å². The Morgan fingerprint density at radius 3 is 3.00 bits per heavy atom. The first-order chi connectivity index (χ1) is 11.7. The second kappa shape index (κ2) is 6.04. The molecule has 1 fully saturated rings. The molecule has 124 valence electrons. The van der Waals surface area contributed by atoms with Gasteiger partial charge < -0.3 is 15.2 Å². The van der Waals surface area contributed by atoms with Crippen molar-refractivity contribution in [2.75, 3.05) is 11.9 Å². The Hall–Kier alpha value is -2.74. The van der Waals surface area contributed by atoms with Gasteiger partial charge in [-0.05, 0) is 37.5 Å². The lowest BCUT2D eigenvalue weighted by Crippen LogP contribution is -2.17. The number of ether oxygens (including phenoxy) is 1. The number of halogens is 1. The molecule has 3 aromatic rings. The molecule has 24 heavy (non-hydrogen) atoms. The van der Waals surface area contributed by atoms with Crippen molar-refractivity contribution < 1.29 is 14.2 Å². The van der Waals surface area contributed by atoms with Crippen molar-refractivity contribution in [2.24, 2.45) is 0 Å². The maximum atomic E-state index is 13.4. The summed E-state index contributed by atoms with van der Waals surface area (Å²) in [7, 11) is 0. The highest BCUT2D eigenvalue weighted by Crippen LogP contribution is 2.30. The first kappa shape index (κ1) is 14.8. The van der Waals surface area contributed by atoms with Gasteiger partial charge in [-0.3, -0.25) is 4.57 Å². The van der Waals surface area contributed by atoms with Gasteiger partial charge in [0, 0.05) is 12.3 Å². The molecule has 3 heterocycles. The molecule has 1 unspecified atom stereocenters. The SMILES string of the molecule is Oc1nc(Nc2cccc(F)c2)c2ncn(C3CCCCO3)c2n1. The Morgan fingerprint density at radius 2 is 2.21 bits per heavy atom. The normalized spacial score (nSPS) is 18.0. The lowest BCUT2D eigenvalue weighted by molar-refractivity contribution is -0.0298. The third kappa shape index (κ3) is 2.76. The van der Waals surface area contributed by atoms with Crippen molar-refractivity contribution in [3.63, 3.8) is 0 Å². The summed E-state index contributed by atoms with van der Waals surface area (Å²) in [5.41, 5.74) is 1.48. The molecule has 0 radical (unpaired) electrons. The molecule has 1 aromatic carbocycles. The monoisotopic (exact) mass is 329 g/mol. The topological polar surface area (TPSA) is 85.1 Å². The number of fused-ring (bicyclic) bond motifs is 1. The maximum absolute atomic E-state index is 13.4. The fraction of sp³-hybridized carbons (Fsp3) is 0.312. The van der Waals surface area contributed by atoms with E-state index in [2.05, 4.69) is 20.3 Å². The number of nitrogens with one attached hydrogen (secondary N) is 1. The highest BCUT2D eigenvalue weighted by Gasteiger charge is 2.21. The van der Waals surface area contributed by atoms with Crippen LogP contribution in [0.3, 0.4) is 0 Å². The Kier molecular flexibility index (Phi) is 3.73. The lowest BCUT2D eigenvalue weighted by atomic mass is 10.2. The van der Waals surface area contributed by atoms with Crippen LogP contribution in [0, 0.1) is 5.82 Å². The van der Waals surface area contributed by atoms with Gasteiger partial charge in [0.1, 0.15) is 12.0 Å². The molecule has 0 spiro atoms. The summed E-state index contributed by atoms with van der Waals surface area (Å²) in [6.07, 6.45) is 4.44. The fourth-order valence-electron chi connectivity index (χ4n) is 2.85. The Bertz CT molecular complexity index is 876. The van der Waals surface area contributed by atoms with E-state index in [4.69, 9.17) is 4.74 Å². The Balaban J connectivity index is 1.74. The summed E-state index contributed by atoms with van der Waals surface area (Å²) in [6.45, 7) is 0.690. The molecule has 8 heteroatoms. The van der Waals surface area contributed by atoms with Crippen LogP contribution in [0.2, 0.25) is 0 Å². The predicted molar refractivity (Wildman–Crippen MR) is 85.5 cm³/mol. The van der Waals surface area contributed by atoms with Crippen molar-refractivity contribution >= 4 is 22.7 Å². The number of benzene rings is 1. The van der Waals surface area contributed by atoms with Gasteiger partial charge in [0.15, 0.2) is 17.0 Å². The largest absolute Gasteiger partial charge is 0.479 e. The van der Waals surface area contributed by atoms with Crippen LogP contribution in [0.5, 0.6) is 6.01 Å². The van der Waals surface area contributed by atoms with Gasteiger partial charge in [-0.25, -0.2) is 9.37 Å². The Labute approximate surface area is 137 Å². The molecule has 4 rings (SSSR count). The zero-order valence-corrected chi connectivity index (χ0v) is 12.8. The molecule has 0 saturated carbocycles. The summed E-state index contributed by atoms with van der Waals surface area (Å²) in [4.78, 5) is 12.4. The van der Waals surface area contributed by atoms with Crippen molar-refractivity contribution in [3.8, 4) is 6.01 Å². The third-order valence-corrected chi connectivity index (χ3v) is 3.96. The highest BCUT2D eigenvalue weighted by atomic mass is 19.1. The molecule has 2 aromatic heterocycles. The molecule has 7 nitrogen and oxygen atoms in total.